The van der Waals surface area contributed by atoms with Crippen molar-refractivity contribution in [3.8, 4) is 0 Å². The molecule has 0 radical (unpaired) electrons. The van der Waals surface area contributed by atoms with Crippen molar-refractivity contribution >= 4 is 39.8 Å². The molecule has 5 nitrogen and oxygen atoms in total. The van der Waals surface area contributed by atoms with Crippen LogP contribution >= 0.6 is 22.9 Å². The molecule has 33 heavy (non-hydrogen) atoms. The minimum absolute atomic E-state index is 0.192. The Morgan fingerprint density at radius 3 is 2.64 bits per heavy atom. The molecular formula is C24H22ClF2N2O3S+. The summed E-state index contributed by atoms with van der Waals surface area (Å²) in [7, 11) is 0. The summed E-state index contributed by atoms with van der Waals surface area (Å²) in [4.78, 5) is 27.9. The number of amides is 1. The average molecular weight is 492 g/mol. The van der Waals surface area contributed by atoms with E-state index in [1.54, 1.807) is 6.92 Å². The summed E-state index contributed by atoms with van der Waals surface area (Å²) in [5.41, 5.74) is 2.19. The highest BCUT2D eigenvalue weighted by Gasteiger charge is 2.32. The maximum Gasteiger partial charge on any atom is 0.341 e. The number of hydrogen-bond donors (Lipinski definition) is 2. The van der Waals surface area contributed by atoms with Gasteiger partial charge in [-0.15, -0.1) is 11.3 Å². The molecule has 0 fully saturated rings. The largest absolute Gasteiger partial charge is 0.462 e. The lowest BCUT2D eigenvalue weighted by atomic mass is 10.0. The molecule has 2 heterocycles. The molecule has 1 atom stereocenters. The molecule has 172 valence electrons. The number of rotatable bonds is 6. The zero-order valence-electron chi connectivity index (χ0n) is 17.8. The van der Waals surface area contributed by atoms with E-state index in [4.69, 9.17) is 16.3 Å². The quantitative estimate of drug-likeness (QED) is 0.400. The van der Waals surface area contributed by atoms with Crippen LogP contribution in [-0.4, -0.2) is 25.0 Å². The van der Waals surface area contributed by atoms with Gasteiger partial charge in [0.25, 0.3) is 5.91 Å². The van der Waals surface area contributed by atoms with Crippen molar-refractivity contribution in [2.45, 2.75) is 26.4 Å². The Kier molecular flexibility index (Phi) is 7.07. The van der Waals surface area contributed by atoms with Crippen molar-refractivity contribution in [3.05, 3.63) is 86.3 Å². The van der Waals surface area contributed by atoms with E-state index >= 15 is 0 Å². The molecular weight excluding hydrogens is 470 g/mol. The standard InChI is InChI=1S/C24H21ClF2N2O3S/c1-2-32-24(31)21-15-8-9-29(12-14-6-4-3-5-7-14)13-20(15)33-23(21)28-22(30)16-10-18(26)19(27)11-17(16)25/h3-7,10-11H,2,8-9,12-13H2,1H3,(H,28,30)/p+1. The molecule has 9 heteroatoms. The van der Waals surface area contributed by atoms with Crippen LogP contribution in [0.5, 0.6) is 0 Å². The van der Waals surface area contributed by atoms with Gasteiger partial charge in [0.15, 0.2) is 11.6 Å². The van der Waals surface area contributed by atoms with E-state index in [9.17, 15) is 18.4 Å². The third-order valence-electron chi connectivity index (χ3n) is 5.49. The predicted molar refractivity (Wildman–Crippen MR) is 123 cm³/mol. The number of nitrogens with one attached hydrogen (secondary N) is 2. The van der Waals surface area contributed by atoms with Gasteiger partial charge in [0.2, 0.25) is 0 Å². The molecule has 1 aromatic heterocycles. The Bertz CT molecular complexity index is 1200. The lowest BCUT2D eigenvalue weighted by Gasteiger charge is -2.24. The second kappa shape index (κ2) is 9.99. The highest BCUT2D eigenvalue weighted by Crippen LogP contribution is 2.36. The third kappa shape index (κ3) is 5.08. The summed E-state index contributed by atoms with van der Waals surface area (Å²) in [6, 6.07) is 11.7. The Morgan fingerprint density at radius 1 is 1.18 bits per heavy atom. The van der Waals surface area contributed by atoms with Crippen LogP contribution in [-0.2, 0) is 24.2 Å². The second-order valence-corrected chi connectivity index (χ2v) is 9.23. The number of anilines is 1. The maximum absolute atomic E-state index is 13.7. The van der Waals surface area contributed by atoms with Gasteiger partial charge in [-0.05, 0) is 24.6 Å². The summed E-state index contributed by atoms with van der Waals surface area (Å²) in [5, 5.41) is 2.78. The van der Waals surface area contributed by atoms with E-state index in [-0.39, 0.29) is 17.2 Å². The minimum Gasteiger partial charge on any atom is -0.462 e. The number of fused-ring (bicyclic) bond motifs is 1. The molecule has 0 saturated carbocycles. The van der Waals surface area contributed by atoms with E-state index in [0.29, 0.717) is 23.5 Å². The Balaban J connectivity index is 1.62. The fourth-order valence-electron chi connectivity index (χ4n) is 3.95. The van der Waals surface area contributed by atoms with Crippen molar-refractivity contribution < 1.29 is 28.0 Å². The van der Waals surface area contributed by atoms with Crippen LogP contribution in [0, 0.1) is 11.6 Å². The van der Waals surface area contributed by atoms with Crippen LogP contribution in [0.15, 0.2) is 42.5 Å². The van der Waals surface area contributed by atoms with E-state index in [1.807, 2.05) is 18.2 Å². The van der Waals surface area contributed by atoms with Gasteiger partial charge in [-0.3, -0.25) is 4.79 Å². The van der Waals surface area contributed by atoms with Crippen LogP contribution in [0.3, 0.4) is 0 Å². The number of quaternary nitrogens is 1. The zero-order chi connectivity index (χ0) is 23.5. The SMILES string of the molecule is CCOC(=O)c1c(NC(=O)c2cc(F)c(F)cc2Cl)sc2c1CC[NH+](Cc1ccccc1)C2. The summed E-state index contributed by atoms with van der Waals surface area (Å²) in [6.45, 7) is 4.27. The number of carbonyl (C=O) groups excluding carboxylic acids is 2. The first-order valence-electron chi connectivity index (χ1n) is 10.5. The fraction of sp³-hybridized carbons (Fsp3) is 0.250. The van der Waals surface area contributed by atoms with Gasteiger partial charge in [-0.1, -0.05) is 41.9 Å². The van der Waals surface area contributed by atoms with E-state index < -0.39 is 23.5 Å². The topological polar surface area (TPSA) is 59.8 Å². The fourth-order valence-corrected chi connectivity index (χ4v) is 5.48. The highest BCUT2D eigenvalue weighted by molar-refractivity contribution is 7.17. The predicted octanol–water partition coefficient (Wildman–Crippen LogP) is 4.25. The average Bonchev–Trinajstić information content (AvgIpc) is 3.14. The number of benzene rings is 2. The monoisotopic (exact) mass is 491 g/mol. The van der Waals surface area contributed by atoms with Gasteiger partial charge < -0.3 is 15.0 Å². The highest BCUT2D eigenvalue weighted by atomic mass is 35.5. The van der Waals surface area contributed by atoms with Crippen molar-refractivity contribution in [2.24, 2.45) is 0 Å². The van der Waals surface area contributed by atoms with Crippen molar-refractivity contribution in [3.63, 3.8) is 0 Å². The first-order valence-corrected chi connectivity index (χ1v) is 11.7. The summed E-state index contributed by atoms with van der Waals surface area (Å²) in [6.07, 6.45) is 0.657. The normalized spacial score (nSPS) is 15.1. The van der Waals surface area contributed by atoms with Crippen LogP contribution in [0.25, 0.3) is 0 Å². The molecule has 1 aliphatic heterocycles. The van der Waals surface area contributed by atoms with Crippen LogP contribution in [0.1, 0.15) is 43.6 Å². The Labute approximate surface area is 198 Å². The molecule has 0 bridgehead atoms. The van der Waals surface area contributed by atoms with Crippen molar-refractivity contribution in [1.29, 1.82) is 0 Å². The molecule has 4 rings (SSSR count). The molecule has 1 unspecified atom stereocenters. The van der Waals surface area contributed by atoms with E-state index in [2.05, 4.69) is 17.4 Å². The lowest BCUT2D eigenvalue weighted by Crippen LogP contribution is -3.10. The first-order chi connectivity index (χ1) is 15.9. The van der Waals surface area contributed by atoms with E-state index in [1.165, 1.54) is 21.8 Å². The zero-order valence-corrected chi connectivity index (χ0v) is 19.4. The minimum atomic E-state index is -1.18. The van der Waals surface area contributed by atoms with Gasteiger partial charge in [-0.25, -0.2) is 13.6 Å². The molecule has 3 aromatic rings. The van der Waals surface area contributed by atoms with Gasteiger partial charge in [-0.2, -0.15) is 0 Å². The molecule has 2 N–H and O–H groups in total. The summed E-state index contributed by atoms with van der Waals surface area (Å²) >= 11 is 7.25. The van der Waals surface area contributed by atoms with Crippen LogP contribution in [0.2, 0.25) is 5.02 Å². The van der Waals surface area contributed by atoms with Crippen molar-refractivity contribution in [1.82, 2.24) is 0 Å². The number of halogens is 3. The lowest BCUT2D eigenvalue weighted by molar-refractivity contribution is -0.929. The van der Waals surface area contributed by atoms with Gasteiger partial charge >= 0.3 is 5.97 Å². The molecule has 0 spiro atoms. The Hall–Kier alpha value is -2.81. The Morgan fingerprint density at radius 2 is 1.91 bits per heavy atom. The number of hydrogen-bond acceptors (Lipinski definition) is 4. The molecule has 1 aliphatic rings. The van der Waals surface area contributed by atoms with Gasteiger partial charge in [0, 0.05) is 12.0 Å². The number of thiophene rings is 1. The maximum atomic E-state index is 13.7. The smallest absolute Gasteiger partial charge is 0.341 e. The number of carbonyl (C=O) groups is 2. The van der Waals surface area contributed by atoms with Gasteiger partial charge in [0.1, 0.15) is 18.1 Å². The molecule has 0 saturated heterocycles. The van der Waals surface area contributed by atoms with Crippen LogP contribution < -0.4 is 10.2 Å². The number of ether oxygens (including phenoxy) is 1. The summed E-state index contributed by atoms with van der Waals surface area (Å²) in [5.74, 6) is -3.57. The molecule has 2 aromatic carbocycles. The van der Waals surface area contributed by atoms with Gasteiger partial charge in [0.05, 0.1) is 34.2 Å². The molecule has 0 aliphatic carbocycles. The first kappa shape index (κ1) is 23.4. The third-order valence-corrected chi connectivity index (χ3v) is 6.95. The van der Waals surface area contributed by atoms with Crippen molar-refractivity contribution in [2.75, 3.05) is 18.5 Å². The van der Waals surface area contributed by atoms with E-state index in [0.717, 1.165) is 35.7 Å². The molecule has 1 amide bonds. The second-order valence-electron chi connectivity index (χ2n) is 7.72. The van der Waals surface area contributed by atoms with Crippen LogP contribution in [0.4, 0.5) is 13.8 Å². The summed E-state index contributed by atoms with van der Waals surface area (Å²) < 4.78 is 32.3. The number of esters is 1.